The summed E-state index contributed by atoms with van der Waals surface area (Å²) in [5.74, 6) is -2.19. The first-order valence-electron chi connectivity index (χ1n) is 4.71. The molecule has 0 spiro atoms. The van der Waals surface area contributed by atoms with Crippen LogP contribution in [0.5, 0.6) is 0 Å². The number of nitriles is 1. The average molecular weight is 220 g/mol. The van der Waals surface area contributed by atoms with Crippen molar-refractivity contribution in [3.8, 4) is 6.19 Å². The number of nitrogens with one attached hydrogen (secondary N) is 1. The average Bonchev–Trinajstić information content (AvgIpc) is 2.17. The van der Waals surface area contributed by atoms with Gasteiger partial charge in [0.1, 0.15) is 0 Å². The molecule has 0 aromatic carbocycles. The first-order valence-corrected chi connectivity index (χ1v) is 4.71. The second kappa shape index (κ2) is 4.51. The van der Waals surface area contributed by atoms with Gasteiger partial charge in [-0.05, 0) is 25.7 Å². The van der Waals surface area contributed by atoms with E-state index < -0.39 is 23.9 Å². The number of hydrogen-bond donors (Lipinski definition) is 1. The number of halogens is 3. The van der Waals surface area contributed by atoms with Crippen molar-refractivity contribution in [2.45, 2.75) is 31.9 Å². The van der Waals surface area contributed by atoms with E-state index in [2.05, 4.69) is 0 Å². The van der Waals surface area contributed by atoms with E-state index >= 15 is 0 Å². The first kappa shape index (κ1) is 11.8. The number of alkyl halides is 3. The molecule has 1 N–H and O–H groups in total. The van der Waals surface area contributed by atoms with E-state index in [0.29, 0.717) is 0 Å². The number of rotatable bonds is 1. The summed E-state index contributed by atoms with van der Waals surface area (Å²) < 4.78 is 36.8. The molecule has 1 amide bonds. The van der Waals surface area contributed by atoms with Gasteiger partial charge in [0.05, 0.1) is 5.92 Å². The monoisotopic (exact) mass is 220 g/mol. The van der Waals surface area contributed by atoms with Crippen LogP contribution in [0.1, 0.15) is 25.7 Å². The Hall–Kier alpha value is -1.25. The van der Waals surface area contributed by atoms with Crippen LogP contribution in [0.4, 0.5) is 13.2 Å². The first-order chi connectivity index (χ1) is 6.95. The van der Waals surface area contributed by atoms with Crippen molar-refractivity contribution in [1.29, 1.82) is 5.26 Å². The van der Waals surface area contributed by atoms with Crippen molar-refractivity contribution >= 4 is 5.91 Å². The van der Waals surface area contributed by atoms with Crippen molar-refractivity contribution < 1.29 is 18.0 Å². The molecular weight excluding hydrogens is 209 g/mol. The smallest absolute Gasteiger partial charge is 0.274 e. The van der Waals surface area contributed by atoms with E-state index in [0.717, 1.165) is 0 Å². The van der Waals surface area contributed by atoms with Crippen LogP contribution in [0.15, 0.2) is 0 Å². The summed E-state index contributed by atoms with van der Waals surface area (Å²) in [5, 5.41) is 10.1. The Morgan fingerprint density at radius 3 is 2.20 bits per heavy atom. The molecule has 1 fully saturated rings. The van der Waals surface area contributed by atoms with Crippen LogP contribution >= 0.6 is 0 Å². The van der Waals surface area contributed by atoms with E-state index in [1.165, 1.54) is 6.19 Å². The summed E-state index contributed by atoms with van der Waals surface area (Å²) in [6.07, 6.45) is -2.30. The summed E-state index contributed by atoms with van der Waals surface area (Å²) in [5.41, 5.74) is 0. The number of amides is 1. The van der Waals surface area contributed by atoms with E-state index in [-0.39, 0.29) is 25.7 Å². The zero-order chi connectivity index (χ0) is 11.5. The zero-order valence-electron chi connectivity index (χ0n) is 7.97. The second-order valence-electron chi connectivity index (χ2n) is 3.69. The minimum Gasteiger partial charge on any atom is -0.274 e. The van der Waals surface area contributed by atoms with Crippen molar-refractivity contribution in [1.82, 2.24) is 5.32 Å². The Labute approximate surface area is 85.3 Å². The topological polar surface area (TPSA) is 52.9 Å². The Balaban J connectivity index is 2.43. The summed E-state index contributed by atoms with van der Waals surface area (Å²) >= 11 is 0. The quantitative estimate of drug-likeness (QED) is 0.542. The highest BCUT2D eigenvalue weighted by Crippen LogP contribution is 2.39. The molecule has 6 heteroatoms. The van der Waals surface area contributed by atoms with Gasteiger partial charge in [-0.1, -0.05) is 0 Å². The lowest BCUT2D eigenvalue weighted by atomic mass is 9.81. The third-order valence-corrected chi connectivity index (χ3v) is 2.74. The molecule has 0 unspecified atom stereocenters. The number of nitrogens with zero attached hydrogens (tertiary/aromatic N) is 1. The van der Waals surface area contributed by atoms with Gasteiger partial charge in [0, 0.05) is 5.92 Å². The van der Waals surface area contributed by atoms with Crippen LogP contribution in [-0.4, -0.2) is 12.1 Å². The van der Waals surface area contributed by atoms with Gasteiger partial charge in [0.2, 0.25) is 5.91 Å². The van der Waals surface area contributed by atoms with Crippen molar-refractivity contribution in [3.63, 3.8) is 0 Å². The molecule has 0 saturated heterocycles. The molecule has 0 aromatic rings. The van der Waals surface area contributed by atoms with Gasteiger partial charge in [0.15, 0.2) is 6.19 Å². The lowest BCUT2D eigenvalue weighted by Gasteiger charge is -2.28. The Morgan fingerprint density at radius 2 is 1.80 bits per heavy atom. The van der Waals surface area contributed by atoms with Gasteiger partial charge in [-0.25, -0.2) is 0 Å². The molecule has 0 atom stereocenters. The summed E-state index contributed by atoms with van der Waals surface area (Å²) in [6.45, 7) is 0. The lowest BCUT2D eigenvalue weighted by Crippen LogP contribution is -2.34. The standard InChI is InChI=1S/C9H11F3N2O/c10-9(11,12)7-3-1-6(2-4-7)8(15)14-5-13/h6-7H,1-4H2,(H,14,15). The van der Waals surface area contributed by atoms with E-state index in [1.807, 2.05) is 5.32 Å². The van der Waals surface area contributed by atoms with Crippen molar-refractivity contribution in [2.24, 2.45) is 11.8 Å². The summed E-state index contributed by atoms with van der Waals surface area (Å²) in [7, 11) is 0. The zero-order valence-corrected chi connectivity index (χ0v) is 7.97. The van der Waals surface area contributed by atoms with E-state index in [4.69, 9.17) is 5.26 Å². The summed E-state index contributed by atoms with van der Waals surface area (Å²) in [4.78, 5) is 11.1. The maximum Gasteiger partial charge on any atom is 0.391 e. The number of carbonyl (C=O) groups is 1. The van der Waals surface area contributed by atoms with E-state index in [1.54, 1.807) is 0 Å². The normalized spacial score (nSPS) is 26.8. The van der Waals surface area contributed by atoms with Gasteiger partial charge in [0.25, 0.3) is 0 Å². The molecule has 0 bridgehead atoms. The molecule has 1 saturated carbocycles. The fraction of sp³-hybridized carbons (Fsp3) is 0.778. The van der Waals surface area contributed by atoms with Crippen molar-refractivity contribution in [2.75, 3.05) is 0 Å². The van der Waals surface area contributed by atoms with Gasteiger partial charge in [-0.2, -0.15) is 18.4 Å². The molecular formula is C9H11F3N2O. The van der Waals surface area contributed by atoms with Gasteiger partial charge < -0.3 is 0 Å². The highest BCUT2D eigenvalue weighted by atomic mass is 19.4. The maximum atomic E-state index is 12.3. The molecule has 0 heterocycles. The molecule has 0 aromatic heterocycles. The predicted octanol–water partition coefficient (Wildman–Crippen LogP) is 1.95. The molecule has 1 aliphatic rings. The Bertz CT molecular complexity index is 274. The molecule has 0 radical (unpaired) electrons. The van der Waals surface area contributed by atoms with Crippen molar-refractivity contribution in [3.05, 3.63) is 0 Å². The highest BCUT2D eigenvalue weighted by Gasteiger charge is 2.42. The molecule has 15 heavy (non-hydrogen) atoms. The number of carbonyl (C=O) groups excluding carboxylic acids is 1. The maximum absolute atomic E-state index is 12.3. The SMILES string of the molecule is N#CNC(=O)C1CCC(C(F)(F)F)CC1. The van der Waals surface area contributed by atoms with Crippen LogP contribution < -0.4 is 5.32 Å². The lowest BCUT2D eigenvalue weighted by molar-refractivity contribution is -0.184. The molecule has 1 rings (SSSR count). The van der Waals surface area contributed by atoms with Crippen LogP contribution in [0.25, 0.3) is 0 Å². The Kier molecular flexibility index (Phi) is 3.56. The highest BCUT2D eigenvalue weighted by molar-refractivity contribution is 5.80. The molecule has 84 valence electrons. The summed E-state index contributed by atoms with van der Waals surface area (Å²) in [6, 6.07) is 0. The molecule has 1 aliphatic carbocycles. The van der Waals surface area contributed by atoms with Gasteiger partial charge in [-0.15, -0.1) is 0 Å². The molecule has 3 nitrogen and oxygen atoms in total. The fourth-order valence-electron chi connectivity index (χ4n) is 1.84. The second-order valence-corrected chi connectivity index (χ2v) is 3.69. The third-order valence-electron chi connectivity index (χ3n) is 2.74. The largest absolute Gasteiger partial charge is 0.391 e. The minimum atomic E-state index is -4.16. The Morgan fingerprint density at radius 1 is 1.27 bits per heavy atom. The molecule has 0 aliphatic heterocycles. The van der Waals surface area contributed by atoms with Gasteiger partial charge in [-0.3, -0.25) is 10.1 Å². The van der Waals surface area contributed by atoms with Crippen LogP contribution in [0.3, 0.4) is 0 Å². The minimum absolute atomic E-state index is 0.0208. The van der Waals surface area contributed by atoms with Crippen LogP contribution in [-0.2, 0) is 4.79 Å². The van der Waals surface area contributed by atoms with Gasteiger partial charge >= 0.3 is 6.18 Å². The van der Waals surface area contributed by atoms with Crippen LogP contribution in [0.2, 0.25) is 0 Å². The predicted molar refractivity (Wildman–Crippen MR) is 45.3 cm³/mol. The fourth-order valence-corrected chi connectivity index (χ4v) is 1.84. The van der Waals surface area contributed by atoms with Crippen LogP contribution in [0, 0.1) is 23.3 Å². The number of hydrogen-bond acceptors (Lipinski definition) is 2. The van der Waals surface area contributed by atoms with E-state index in [9.17, 15) is 18.0 Å². The third kappa shape index (κ3) is 3.11.